The first-order valence-electron chi connectivity index (χ1n) is 6.30. The number of rotatable bonds is 1. The van der Waals surface area contributed by atoms with E-state index < -0.39 is 35.5 Å². The van der Waals surface area contributed by atoms with Gasteiger partial charge < -0.3 is 0 Å². The van der Waals surface area contributed by atoms with Crippen LogP contribution in [0.25, 0.3) is 0 Å². The van der Waals surface area contributed by atoms with Crippen molar-refractivity contribution in [3.8, 4) is 0 Å². The molecule has 0 spiro atoms. The molecule has 6 nitrogen and oxygen atoms in total. The van der Waals surface area contributed by atoms with E-state index in [0.717, 1.165) is 11.0 Å². The van der Waals surface area contributed by atoms with Crippen molar-refractivity contribution in [1.82, 2.24) is 10.2 Å². The Bertz CT molecular complexity index is 626. The van der Waals surface area contributed by atoms with Gasteiger partial charge in [0.25, 0.3) is 11.8 Å². The average molecular weight is 280 g/mol. The highest BCUT2D eigenvalue weighted by atomic mass is 19.1. The molecule has 7 heteroatoms. The van der Waals surface area contributed by atoms with Gasteiger partial charge in [-0.25, -0.2) is 4.39 Å². The average Bonchev–Trinajstić information content (AvgIpc) is 2.63. The van der Waals surface area contributed by atoms with Crippen molar-refractivity contribution in [1.29, 1.82) is 0 Å². The molecular weight excluding hydrogens is 267 g/mol. The van der Waals surface area contributed by atoms with Crippen LogP contribution in [0.5, 0.6) is 0 Å². The fourth-order valence-electron chi connectivity index (χ4n) is 2.69. The smallest absolute Gasteiger partial charge is 0.262 e. The molecule has 2 heterocycles. The molecule has 1 atom stereocenters. The molecule has 2 aliphatic heterocycles. The second-order valence-corrected chi connectivity index (χ2v) is 4.93. The Balaban J connectivity index is 0.00000161. The lowest BCUT2D eigenvalue weighted by molar-refractivity contribution is -0.150. The molecule has 0 bridgehead atoms. The maximum atomic E-state index is 13.2. The summed E-state index contributed by atoms with van der Waals surface area (Å²) < 4.78 is 13.2. The lowest BCUT2D eigenvalue weighted by Crippen LogP contribution is -2.54. The Hall–Kier alpha value is -2.31. The van der Waals surface area contributed by atoms with Gasteiger partial charge in [-0.2, -0.15) is 0 Å². The van der Waals surface area contributed by atoms with E-state index in [4.69, 9.17) is 0 Å². The molecular formula is C13H13FN2O4. The summed E-state index contributed by atoms with van der Waals surface area (Å²) in [6, 6.07) is -0.991. The Labute approximate surface area is 114 Å². The standard InChI is InChI=1S/C13H11FN2O4.H2/c14-6-1-2-7-8(5-6)13(20)16(12(7)19)9-3-4-10(17)15-11(9)18;/h5,9H,1-4H2,(H,15,17,18);1H. The molecule has 106 valence electrons. The maximum absolute atomic E-state index is 13.2. The summed E-state index contributed by atoms with van der Waals surface area (Å²) in [5, 5.41) is 2.11. The highest BCUT2D eigenvalue weighted by molar-refractivity contribution is 6.23. The summed E-state index contributed by atoms with van der Waals surface area (Å²) in [6.07, 6.45) is 1.48. The van der Waals surface area contributed by atoms with Crippen LogP contribution in [-0.4, -0.2) is 34.6 Å². The third-order valence-corrected chi connectivity index (χ3v) is 3.69. The van der Waals surface area contributed by atoms with Crippen LogP contribution >= 0.6 is 0 Å². The van der Waals surface area contributed by atoms with Gasteiger partial charge in [0.2, 0.25) is 11.8 Å². The number of carbonyl (C=O) groups is 4. The zero-order valence-corrected chi connectivity index (χ0v) is 10.4. The minimum atomic E-state index is -0.991. The monoisotopic (exact) mass is 280 g/mol. The second kappa shape index (κ2) is 4.36. The zero-order chi connectivity index (χ0) is 14.4. The summed E-state index contributed by atoms with van der Waals surface area (Å²) >= 11 is 0. The third kappa shape index (κ3) is 1.77. The van der Waals surface area contributed by atoms with E-state index in [1.54, 1.807) is 0 Å². The first kappa shape index (κ1) is 12.7. The van der Waals surface area contributed by atoms with Gasteiger partial charge in [-0.3, -0.25) is 29.4 Å². The van der Waals surface area contributed by atoms with Crippen LogP contribution in [0.15, 0.2) is 23.0 Å². The molecule has 1 N–H and O–H groups in total. The number of piperidine rings is 1. The normalized spacial score (nSPS) is 26.8. The molecule has 1 unspecified atom stereocenters. The summed E-state index contributed by atoms with van der Waals surface area (Å²) in [7, 11) is 0. The van der Waals surface area contributed by atoms with E-state index in [0.29, 0.717) is 0 Å². The van der Waals surface area contributed by atoms with Crippen LogP contribution in [0, 0.1) is 0 Å². The number of halogens is 1. The van der Waals surface area contributed by atoms with Gasteiger partial charge in [-0.1, -0.05) is 0 Å². The van der Waals surface area contributed by atoms with E-state index >= 15 is 0 Å². The summed E-state index contributed by atoms with van der Waals surface area (Å²) in [4.78, 5) is 48.1. The lowest BCUT2D eigenvalue weighted by Gasteiger charge is -2.28. The van der Waals surface area contributed by atoms with Gasteiger partial charge in [0.1, 0.15) is 11.9 Å². The van der Waals surface area contributed by atoms with Crippen LogP contribution in [0.2, 0.25) is 0 Å². The second-order valence-electron chi connectivity index (χ2n) is 4.93. The van der Waals surface area contributed by atoms with Gasteiger partial charge in [-0.05, 0) is 18.9 Å². The number of nitrogens with zero attached hydrogens (tertiary/aromatic N) is 1. The summed E-state index contributed by atoms with van der Waals surface area (Å²) in [6.45, 7) is 0. The molecule has 0 aromatic carbocycles. The van der Waals surface area contributed by atoms with E-state index in [9.17, 15) is 23.6 Å². The van der Waals surface area contributed by atoms with Crippen molar-refractivity contribution in [2.45, 2.75) is 31.7 Å². The van der Waals surface area contributed by atoms with Crippen LogP contribution < -0.4 is 5.32 Å². The number of hydrogen-bond donors (Lipinski definition) is 1. The van der Waals surface area contributed by atoms with Crippen molar-refractivity contribution >= 4 is 23.6 Å². The fraction of sp³-hybridized carbons (Fsp3) is 0.385. The van der Waals surface area contributed by atoms with Crippen molar-refractivity contribution in [3.63, 3.8) is 0 Å². The van der Waals surface area contributed by atoms with Gasteiger partial charge in [0, 0.05) is 19.8 Å². The van der Waals surface area contributed by atoms with Crippen LogP contribution in [0.4, 0.5) is 4.39 Å². The highest BCUT2D eigenvalue weighted by Gasteiger charge is 2.46. The molecule has 1 aliphatic carbocycles. The van der Waals surface area contributed by atoms with Crippen molar-refractivity contribution in [2.24, 2.45) is 0 Å². The maximum Gasteiger partial charge on any atom is 0.262 e. The van der Waals surface area contributed by atoms with Gasteiger partial charge >= 0.3 is 0 Å². The molecule has 1 saturated heterocycles. The molecule has 1 fully saturated rings. The van der Waals surface area contributed by atoms with E-state index in [-0.39, 0.29) is 38.3 Å². The minimum absolute atomic E-state index is 0. The van der Waals surface area contributed by atoms with E-state index in [1.807, 2.05) is 0 Å². The number of hydrogen-bond acceptors (Lipinski definition) is 4. The molecule has 0 aromatic rings. The van der Waals surface area contributed by atoms with Gasteiger partial charge in [0.05, 0.1) is 5.57 Å². The quantitative estimate of drug-likeness (QED) is 0.702. The molecule has 3 rings (SSSR count). The predicted octanol–water partition coefficient (Wildman–Crippen LogP) is 0.350. The molecule has 0 saturated carbocycles. The molecule has 4 amide bonds. The molecule has 0 radical (unpaired) electrons. The number of amides is 4. The SMILES string of the molecule is O=C1CCC(N2C(=O)C3=C(CCC(F)=C3)C2=O)C(=O)N1.[HH]. The van der Waals surface area contributed by atoms with E-state index in [1.165, 1.54) is 0 Å². The van der Waals surface area contributed by atoms with Gasteiger partial charge in [0.15, 0.2) is 0 Å². The molecule has 20 heavy (non-hydrogen) atoms. The topological polar surface area (TPSA) is 83.6 Å². The van der Waals surface area contributed by atoms with Crippen molar-refractivity contribution < 1.29 is 25.0 Å². The van der Waals surface area contributed by atoms with E-state index in [2.05, 4.69) is 5.32 Å². The van der Waals surface area contributed by atoms with Crippen molar-refractivity contribution in [3.05, 3.63) is 23.0 Å². The zero-order valence-electron chi connectivity index (χ0n) is 10.4. The van der Waals surface area contributed by atoms with Crippen LogP contribution in [0.3, 0.4) is 0 Å². The Morgan fingerprint density at radius 1 is 1.15 bits per heavy atom. The summed E-state index contributed by atoms with van der Waals surface area (Å²) in [5.74, 6) is -2.74. The third-order valence-electron chi connectivity index (χ3n) is 3.69. The summed E-state index contributed by atoms with van der Waals surface area (Å²) in [5.41, 5.74) is 0.282. The molecule has 3 aliphatic rings. The van der Waals surface area contributed by atoms with Crippen LogP contribution in [-0.2, 0) is 19.2 Å². The van der Waals surface area contributed by atoms with Crippen molar-refractivity contribution in [2.75, 3.05) is 0 Å². The number of imide groups is 2. The highest BCUT2D eigenvalue weighted by Crippen LogP contribution is 2.34. The predicted molar refractivity (Wildman–Crippen MR) is 65.6 cm³/mol. The Kier molecular flexibility index (Phi) is 2.77. The fourth-order valence-corrected chi connectivity index (χ4v) is 2.69. The lowest BCUT2D eigenvalue weighted by atomic mass is 9.99. The van der Waals surface area contributed by atoms with Gasteiger partial charge in [-0.15, -0.1) is 0 Å². The number of carbonyl (C=O) groups excluding carboxylic acids is 4. The minimum Gasteiger partial charge on any atom is -0.295 e. The Morgan fingerprint density at radius 2 is 1.90 bits per heavy atom. The largest absolute Gasteiger partial charge is 0.295 e. The first-order chi connectivity index (χ1) is 9.49. The number of nitrogens with one attached hydrogen (secondary N) is 1. The molecule has 0 aromatic heterocycles. The Morgan fingerprint density at radius 3 is 2.60 bits per heavy atom. The number of allylic oxidation sites excluding steroid dienone is 1. The van der Waals surface area contributed by atoms with Crippen LogP contribution in [0.1, 0.15) is 27.1 Å². The first-order valence-corrected chi connectivity index (χ1v) is 6.30.